The molecule has 0 spiro atoms. The molecule has 2 aliphatic rings. The second kappa shape index (κ2) is 10.6. The van der Waals surface area contributed by atoms with Gasteiger partial charge in [0.15, 0.2) is 0 Å². The van der Waals surface area contributed by atoms with E-state index in [1.807, 2.05) is 12.1 Å². The van der Waals surface area contributed by atoms with Crippen LogP contribution in [0.2, 0.25) is 0 Å². The van der Waals surface area contributed by atoms with Crippen LogP contribution >= 0.6 is 0 Å². The number of hydrogen-bond acceptors (Lipinski definition) is 8. The molecule has 166 valence electrons. The number of ether oxygens (including phenoxy) is 1. The second-order valence-corrected chi connectivity index (χ2v) is 8.19. The van der Waals surface area contributed by atoms with E-state index in [2.05, 4.69) is 10.6 Å². The second-order valence-electron chi connectivity index (χ2n) is 8.19. The van der Waals surface area contributed by atoms with Crippen molar-refractivity contribution in [1.82, 2.24) is 10.6 Å². The minimum absolute atomic E-state index is 0.00291. The van der Waals surface area contributed by atoms with Crippen LogP contribution in [0.15, 0.2) is 18.2 Å². The molecular formula is C20H32BN3O6. The van der Waals surface area contributed by atoms with Gasteiger partial charge < -0.3 is 41.0 Å². The molecule has 0 bridgehead atoms. The predicted molar refractivity (Wildman–Crippen MR) is 111 cm³/mol. The van der Waals surface area contributed by atoms with Crippen molar-refractivity contribution in [1.29, 1.82) is 0 Å². The van der Waals surface area contributed by atoms with Crippen molar-refractivity contribution in [3.8, 4) is 5.75 Å². The molecule has 1 fully saturated rings. The molecule has 30 heavy (non-hydrogen) atoms. The minimum Gasteiger partial charge on any atom is -0.534 e. The number of hydrogen-bond donors (Lipinski definition) is 6. The average Bonchev–Trinajstić information content (AvgIpc) is 2.72. The van der Waals surface area contributed by atoms with Crippen LogP contribution in [-0.2, 0) is 22.6 Å². The highest BCUT2D eigenvalue weighted by Gasteiger charge is 2.39. The van der Waals surface area contributed by atoms with E-state index in [4.69, 9.17) is 20.2 Å². The van der Waals surface area contributed by atoms with Gasteiger partial charge in [0, 0.05) is 24.7 Å². The van der Waals surface area contributed by atoms with Gasteiger partial charge in [0.1, 0.15) is 12.5 Å². The highest BCUT2D eigenvalue weighted by molar-refractivity contribution is 6.46. The van der Waals surface area contributed by atoms with E-state index >= 15 is 0 Å². The van der Waals surface area contributed by atoms with E-state index < -0.39 is 25.5 Å². The number of rotatable bonds is 9. The van der Waals surface area contributed by atoms with E-state index in [9.17, 15) is 14.9 Å². The molecule has 1 aliphatic heterocycles. The number of nitrogens with two attached hydrogens (primary N) is 1. The van der Waals surface area contributed by atoms with Crippen LogP contribution < -0.4 is 21.0 Å². The third-order valence-electron chi connectivity index (χ3n) is 5.88. The summed E-state index contributed by atoms with van der Waals surface area (Å²) in [6, 6.07) is 5.83. The maximum atomic E-state index is 12.6. The van der Waals surface area contributed by atoms with Crippen LogP contribution in [0.1, 0.15) is 43.2 Å². The number of aliphatic hydroxyl groups excluding tert-OH is 1. The largest absolute Gasteiger partial charge is 0.547 e. The van der Waals surface area contributed by atoms with E-state index in [1.165, 1.54) is 0 Å². The topological polar surface area (TPSA) is 146 Å². The van der Waals surface area contributed by atoms with Gasteiger partial charge in [-0.2, -0.15) is 0 Å². The van der Waals surface area contributed by atoms with Gasteiger partial charge in [0.05, 0.1) is 24.6 Å². The van der Waals surface area contributed by atoms with E-state index in [0.29, 0.717) is 37.6 Å². The minimum atomic E-state index is -1.21. The number of nitrogens with one attached hydrogen (secondary N) is 2. The maximum Gasteiger partial charge on any atom is 0.547 e. The van der Waals surface area contributed by atoms with Gasteiger partial charge in [-0.1, -0.05) is 18.2 Å². The van der Waals surface area contributed by atoms with Gasteiger partial charge >= 0.3 is 7.12 Å². The molecule has 1 atom stereocenters. The number of amides is 1. The maximum absolute atomic E-state index is 12.6. The zero-order valence-corrected chi connectivity index (χ0v) is 17.2. The lowest BCUT2D eigenvalue weighted by Crippen LogP contribution is -2.54. The Morgan fingerprint density at radius 2 is 2.13 bits per heavy atom. The lowest BCUT2D eigenvalue weighted by Gasteiger charge is -2.36. The van der Waals surface area contributed by atoms with E-state index in [-0.39, 0.29) is 18.9 Å². The zero-order chi connectivity index (χ0) is 21.6. The summed E-state index contributed by atoms with van der Waals surface area (Å²) in [7, 11) is -1.21. The smallest absolute Gasteiger partial charge is 0.534 e. The molecule has 0 radical (unpaired) electrons. The molecule has 9 nitrogen and oxygen atoms in total. The Kier molecular flexibility index (Phi) is 8.09. The van der Waals surface area contributed by atoms with Gasteiger partial charge in [0.25, 0.3) is 0 Å². The first-order chi connectivity index (χ1) is 14.4. The fourth-order valence-electron chi connectivity index (χ4n) is 4.26. The predicted octanol–water partition coefficient (Wildman–Crippen LogP) is -0.795. The summed E-state index contributed by atoms with van der Waals surface area (Å²) in [5.74, 6) is -0.391. The Balaban J connectivity index is 1.54. The van der Waals surface area contributed by atoms with E-state index in [1.54, 1.807) is 6.07 Å². The van der Waals surface area contributed by atoms with Crippen LogP contribution in [0.5, 0.6) is 5.75 Å². The van der Waals surface area contributed by atoms with Crippen molar-refractivity contribution in [2.45, 2.75) is 62.7 Å². The van der Waals surface area contributed by atoms with Crippen LogP contribution in [0.3, 0.4) is 0 Å². The molecule has 1 unspecified atom stereocenters. The Morgan fingerprint density at radius 3 is 2.83 bits per heavy atom. The number of carbonyl (C=O) groups excluding carboxylic acids is 1. The van der Waals surface area contributed by atoms with E-state index in [0.717, 1.165) is 30.5 Å². The summed E-state index contributed by atoms with van der Waals surface area (Å²) in [6.45, 7) is 1.09. The Labute approximate surface area is 177 Å². The van der Waals surface area contributed by atoms with Gasteiger partial charge in [-0.25, -0.2) is 0 Å². The SMILES string of the molecule is NCCNC1CCC(O)(CC(=O)NC2Cc3cccc(COCO)c3OB2O)CC1. The highest BCUT2D eigenvalue weighted by Crippen LogP contribution is 2.32. The average molecular weight is 421 g/mol. The molecule has 1 aliphatic carbocycles. The number of para-hydroxylation sites is 1. The van der Waals surface area contributed by atoms with Crippen LogP contribution in [-0.4, -0.2) is 65.7 Å². The Morgan fingerprint density at radius 1 is 1.37 bits per heavy atom. The van der Waals surface area contributed by atoms with Gasteiger partial charge in [0.2, 0.25) is 5.91 Å². The summed E-state index contributed by atoms with van der Waals surface area (Å²) >= 11 is 0. The number of aliphatic hydroxyl groups is 2. The lowest BCUT2D eigenvalue weighted by atomic mass is 9.72. The molecule has 1 aromatic carbocycles. The van der Waals surface area contributed by atoms with Crippen molar-refractivity contribution in [3.05, 3.63) is 29.3 Å². The molecule has 0 saturated heterocycles. The normalized spacial score (nSPS) is 26.1. The highest BCUT2D eigenvalue weighted by atomic mass is 16.6. The standard InChI is InChI=1S/C20H32BN3O6/c22-8-9-23-16-4-6-20(27,7-5-16)11-18(26)24-17-10-14-2-1-3-15(12-29-13-25)19(14)30-21(17)28/h1-3,16-17,23,25,27-28H,4-13,22H2,(H,24,26). The summed E-state index contributed by atoms with van der Waals surface area (Å²) < 4.78 is 10.7. The molecule has 7 N–H and O–H groups in total. The van der Waals surface area contributed by atoms with Gasteiger partial charge in [-0.05, 0) is 37.7 Å². The van der Waals surface area contributed by atoms with Crippen molar-refractivity contribution in [3.63, 3.8) is 0 Å². The number of fused-ring (bicyclic) bond motifs is 1. The molecule has 3 rings (SSSR count). The first-order valence-electron chi connectivity index (χ1n) is 10.5. The first-order valence-corrected chi connectivity index (χ1v) is 10.5. The Hall–Kier alpha value is -1.69. The summed E-state index contributed by atoms with van der Waals surface area (Å²) in [5, 5.41) is 36.2. The summed E-state index contributed by atoms with van der Waals surface area (Å²) in [5.41, 5.74) is 6.05. The number of carbonyl (C=O) groups is 1. The van der Waals surface area contributed by atoms with Crippen molar-refractivity contribution in [2.75, 3.05) is 19.9 Å². The molecule has 10 heteroatoms. The van der Waals surface area contributed by atoms with Crippen LogP contribution in [0.25, 0.3) is 0 Å². The molecule has 1 saturated carbocycles. The molecular weight excluding hydrogens is 389 g/mol. The first kappa shape index (κ1) is 23.0. The summed E-state index contributed by atoms with van der Waals surface area (Å²) in [6.07, 6.45) is 3.08. The van der Waals surface area contributed by atoms with Gasteiger partial charge in [-0.3, -0.25) is 4.79 Å². The number of benzene rings is 1. The summed E-state index contributed by atoms with van der Waals surface area (Å²) in [4.78, 5) is 12.6. The fourth-order valence-corrected chi connectivity index (χ4v) is 4.26. The quantitative estimate of drug-likeness (QED) is 0.225. The molecule has 1 aromatic rings. The molecule has 0 aromatic heterocycles. The van der Waals surface area contributed by atoms with Crippen LogP contribution in [0, 0.1) is 0 Å². The monoisotopic (exact) mass is 421 g/mol. The molecule has 1 heterocycles. The lowest BCUT2D eigenvalue weighted by molar-refractivity contribution is -0.128. The van der Waals surface area contributed by atoms with Crippen LogP contribution in [0.4, 0.5) is 0 Å². The van der Waals surface area contributed by atoms with Gasteiger partial charge in [-0.15, -0.1) is 0 Å². The van der Waals surface area contributed by atoms with Crippen molar-refractivity contribution in [2.24, 2.45) is 5.73 Å². The fraction of sp³-hybridized carbons (Fsp3) is 0.650. The third kappa shape index (κ3) is 5.93. The molecule has 1 amide bonds. The van der Waals surface area contributed by atoms with Crippen molar-refractivity contribution < 1.29 is 29.4 Å². The Bertz CT molecular complexity index is 714. The zero-order valence-electron chi connectivity index (χ0n) is 17.2. The van der Waals surface area contributed by atoms with Crippen molar-refractivity contribution >= 4 is 13.0 Å². The third-order valence-corrected chi connectivity index (χ3v) is 5.88.